The Hall–Kier alpha value is -1.64. The number of halogens is 3. The van der Waals surface area contributed by atoms with Gasteiger partial charge in [-0.3, -0.25) is 4.68 Å². The average Bonchev–Trinajstić information content (AvgIpc) is 2.74. The van der Waals surface area contributed by atoms with Crippen LogP contribution >= 0.6 is 12.2 Å². The monoisotopic (exact) mass is 250 g/mol. The van der Waals surface area contributed by atoms with Crippen molar-refractivity contribution in [3.05, 3.63) is 28.7 Å². The normalized spacial score (nSPS) is 11.9. The Labute approximate surface area is 91.9 Å². The van der Waals surface area contributed by atoms with E-state index in [4.69, 9.17) is 4.42 Å². The Morgan fingerprint density at radius 2 is 2.25 bits per heavy atom. The molecule has 0 atom stereocenters. The van der Waals surface area contributed by atoms with Crippen molar-refractivity contribution in [1.82, 2.24) is 20.0 Å². The molecule has 0 aliphatic carbocycles. The highest BCUT2D eigenvalue weighted by molar-refractivity contribution is 7.71. The molecule has 2 heterocycles. The zero-order valence-corrected chi connectivity index (χ0v) is 8.47. The van der Waals surface area contributed by atoms with E-state index >= 15 is 0 Å². The van der Waals surface area contributed by atoms with Crippen molar-refractivity contribution in [2.45, 2.75) is 12.7 Å². The van der Waals surface area contributed by atoms with E-state index in [1.54, 1.807) is 0 Å². The highest BCUT2D eigenvalue weighted by Gasteiger charge is 2.33. The predicted molar refractivity (Wildman–Crippen MR) is 48.0 cm³/mol. The van der Waals surface area contributed by atoms with Gasteiger partial charge in [0.1, 0.15) is 6.54 Å². The number of hydrogen-bond acceptors (Lipinski definition) is 4. The Bertz CT molecular complexity index is 540. The molecule has 0 unspecified atom stereocenters. The third kappa shape index (κ3) is 2.30. The van der Waals surface area contributed by atoms with E-state index in [0.29, 0.717) is 0 Å². The number of H-pyrrole nitrogens is 1. The maximum Gasteiger partial charge on any atom is 0.435 e. The van der Waals surface area contributed by atoms with Crippen LogP contribution in [0.15, 0.2) is 16.7 Å². The smallest absolute Gasteiger partial charge is 0.412 e. The number of rotatable bonds is 2. The second-order valence-corrected chi connectivity index (χ2v) is 3.27. The van der Waals surface area contributed by atoms with Crippen molar-refractivity contribution < 1.29 is 17.6 Å². The van der Waals surface area contributed by atoms with E-state index in [0.717, 1.165) is 10.7 Å². The molecule has 0 aliphatic heterocycles. The van der Waals surface area contributed by atoms with Crippen molar-refractivity contribution in [3.63, 3.8) is 0 Å². The molecule has 0 aliphatic rings. The molecule has 2 aromatic rings. The summed E-state index contributed by atoms with van der Waals surface area (Å²) in [4.78, 5) is 0.0678. The number of aromatic nitrogens is 4. The molecule has 0 radical (unpaired) electrons. The zero-order valence-electron chi connectivity index (χ0n) is 7.65. The lowest BCUT2D eigenvalue weighted by molar-refractivity contribution is -0.141. The number of alkyl halides is 3. The molecule has 0 fully saturated rings. The number of nitrogens with one attached hydrogen (secondary N) is 1. The lowest BCUT2D eigenvalue weighted by Gasteiger charge is -2.00. The van der Waals surface area contributed by atoms with E-state index in [1.807, 2.05) is 0 Å². The van der Waals surface area contributed by atoms with Crippen molar-refractivity contribution >= 4 is 12.2 Å². The molecule has 5 nitrogen and oxygen atoms in total. The van der Waals surface area contributed by atoms with Crippen molar-refractivity contribution in [3.8, 4) is 0 Å². The highest BCUT2D eigenvalue weighted by Crippen LogP contribution is 2.27. The molecule has 0 saturated carbocycles. The minimum atomic E-state index is -4.45. The van der Waals surface area contributed by atoms with Gasteiger partial charge < -0.3 is 4.42 Å². The first kappa shape index (κ1) is 10.9. The first-order chi connectivity index (χ1) is 7.45. The predicted octanol–water partition coefficient (Wildman–Crippen LogP) is 2.00. The Kier molecular flexibility index (Phi) is 2.54. The molecule has 2 aromatic heterocycles. The Morgan fingerprint density at radius 3 is 2.75 bits per heavy atom. The standard InChI is InChI=1S/C7H5F3N4OS/c8-7(9,10)4-1-2-14(13-4)3-5-11-12-6(16)15-5/h1-2H,3H2,(H,12,16). The van der Waals surface area contributed by atoms with Crippen LogP contribution in [0, 0.1) is 4.84 Å². The van der Waals surface area contributed by atoms with Gasteiger partial charge in [0, 0.05) is 6.20 Å². The van der Waals surface area contributed by atoms with Gasteiger partial charge in [0.25, 0.3) is 4.84 Å². The van der Waals surface area contributed by atoms with Crippen molar-refractivity contribution in [2.24, 2.45) is 0 Å². The second kappa shape index (κ2) is 3.74. The first-order valence-electron chi connectivity index (χ1n) is 4.10. The number of hydrogen-bond donors (Lipinski definition) is 1. The summed E-state index contributed by atoms with van der Waals surface area (Å²) in [6.07, 6.45) is -3.26. The largest absolute Gasteiger partial charge is 0.435 e. The average molecular weight is 250 g/mol. The fourth-order valence-corrected chi connectivity index (χ4v) is 1.21. The van der Waals surface area contributed by atoms with Gasteiger partial charge in [-0.2, -0.15) is 18.3 Å². The molecule has 1 N–H and O–H groups in total. The summed E-state index contributed by atoms with van der Waals surface area (Å²) in [6.45, 7) is -0.0107. The maximum atomic E-state index is 12.2. The summed E-state index contributed by atoms with van der Waals surface area (Å²) >= 11 is 4.62. The highest BCUT2D eigenvalue weighted by atomic mass is 32.1. The molecule has 2 rings (SSSR count). The van der Waals surface area contributed by atoms with Gasteiger partial charge in [-0.15, -0.1) is 5.10 Å². The zero-order chi connectivity index (χ0) is 11.8. The fraction of sp³-hybridized carbons (Fsp3) is 0.286. The van der Waals surface area contributed by atoms with Crippen LogP contribution in [0.4, 0.5) is 13.2 Å². The van der Waals surface area contributed by atoms with Crippen LogP contribution in [0.2, 0.25) is 0 Å². The molecule has 86 valence electrons. The van der Waals surface area contributed by atoms with Crippen LogP contribution in [0.1, 0.15) is 11.6 Å². The van der Waals surface area contributed by atoms with Crippen LogP contribution in [-0.4, -0.2) is 20.0 Å². The van der Waals surface area contributed by atoms with E-state index in [2.05, 4.69) is 27.5 Å². The van der Waals surface area contributed by atoms with Crippen LogP contribution in [0.25, 0.3) is 0 Å². The van der Waals surface area contributed by atoms with Crippen molar-refractivity contribution in [2.75, 3.05) is 0 Å². The van der Waals surface area contributed by atoms with Gasteiger partial charge in [-0.25, -0.2) is 5.10 Å². The Balaban J connectivity index is 2.17. The minimum absolute atomic E-state index is 0.0107. The first-order valence-corrected chi connectivity index (χ1v) is 4.51. The lowest BCUT2D eigenvalue weighted by Crippen LogP contribution is -2.08. The maximum absolute atomic E-state index is 12.2. The molecule has 0 spiro atoms. The molecule has 0 amide bonds. The van der Waals surface area contributed by atoms with Crippen molar-refractivity contribution in [1.29, 1.82) is 0 Å². The summed E-state index contributed by atoms with van der Waals surface area (Å²) in [5, 5.41) is 9.34. The molecule has 0 aromatic carbocycles. The van der Waals surface area contributed by atoms with E-state index in [-0.39, 0.29) is 17.3 Å². The third-order valence-corrected chi connectivity index (χ3v) is 1.89. The van der Waals surface area contributed by atoms with Gasteiger partial charge in [0.15, 0.2) is 5.69 Å². The topological polar surface area (TPSA) is 59.6 Å². The molecule has 9 heteroatoms. The number of aromatic amines is 1. The molecular formula is C7H5F3N4OS. The SMILES string of the molecule is FC(F)(F)c1ccn(Cc2n[nH]c(=S)o2)n1. The summed E-state index contributed by atoms with van der Waals surface area (Å²) < 4.78 is 42.6. The molecular weight excluding hydrogens is 245 g/mol. The Morgan fingerprint density at radius 1 is 1.50 bits per heavy atom. The molecule has 0 saturated heterocycles. The summed E-state index contributed by atoms with van der Waals surface area (Å²) in [7, 11) is 0. The fourth-order valence-electron chi connectivity index (χ4n) is 1.07. The van der Waals surface area contributed by atoms with Gasteiger partial charge in [0.2, 0.25) is 5.89 Å². The van der Waals surface area contributed by atoms with Gasteiger partial charge in [-0.1, -0.05) is 0 Å². The van der Waals surface area contributed by atoms with Gasteiger partial charge >= 0.3 is 6.18 Å². The van der Waals surface area contributed by atoms with E-state index in [9.17, 15) is 13.2 Å². The van der Waals surface area contributed by atoms with E-state index in [1.165, 1.54) is 6.20 Å². The quantitative estimate of drug-likeness (QED) is 0.828. The lowest BCUT2D eigenvalue weighted by atomic mass is 10.4. The summed E-state index contributed by atoms with van der Waals surface area (Å²) in [6, 6.07) is 0.876. The van der Waals surface area contributed by atoms with Gasteiger partial charge in [0.05, 0.1) is 0 Å². The third-order valence-electron chi connectivity index (χ3n) is 1.71. The summed E-state index contributed by atoms with van der Waals surface area (Å²) in [5.74, 6) is 0.168. The van der Waals surface area contributed by atoms with Crippen LogP contribution < -0.4 is 0 Å². The summed E-state index contributed by atoms with van der Waals surface area (Å²) in [5.41, 5.74) is -0.957. The van der Waals surface area contributed by atoms with E-state index < -0.39 is 11.9 Å². The minimum Gasteiger partial charge on any atom is -0.412 e. The molecule has 0 bridgehead atoms. The second-order valence-electron chi connectivity index (χ2n) is 2.90. The van der Waals surface area contributed by atoms with Crippen LogP contribution in [0.3, 0.4) is 0 Å². The van der Waals surface area contributed by atoms with Gasteiger partial charge in [-0.05, 0) is 18.3 Å². The molecule has 16 heavy (non-hydrogen) atoms. The number of nitrogens with zero attached hydrogens (tertiary/aromatic N) is 3. The van der Waals surface area contributed by atoms with Crippen LogP contribution in [0.5, 0.6) is 0 Å². The van der Waals surface area contributed by atoms with Crippen LogP contribution in [-0.2, 0) is 12.7 Å².